The first kappa shape index (κ1) is 25.7. The maximum absolute atomic E-state index is 14.3. The largest absolute Gasteiger partial charge is 0.292 e. The van der Waals surface area contributed by atoms with Crippen LogP contribution in [-0.2, 0) is 9.59 Å². The van der Waals surface area contributed by atoms with Gasteiger partial charge in [-0.15, -0.1) is 0 Å². The number of ketones is 1. The fourth-order valence-corrected chi connectivity index (χ4v) is 7.11. The summed E-state index contributed by atoms with van der Waals surface area (Å²) < 4.78 is 0. The molecule has 4 aromatic carbocycles. The van der Waals surface area contributed by atoms with Gasteiger partial charge in [0.2, 0.25) is 0 Å². The Hall–Kier alpha value is -4.26. The molecule has 4 aromatic rings. The molecule has 41 heavy (non-hydrogen) atoms. The van der Waals surface area contributed by atoms with Crippen LogP contribution in [0.15, 0.2) is 97.1 Å². The Balaban J connectivity index is 1.34. The summed E-state index contributed by atoms with van der Waals surface area (Å²) in [4.78, 5) is 56.1. The van der Waals surface area contributed by atoms with Gasteiger partial charge in [0.15, 0.2) is 5.78 Å². The summed E-state index contributed by atoms with van der Waals surface area (Å²) in [5, 5.41) is 2.48. The monoisotopic (exact) mass is 580 g/mol. The van der Waals surface area contributed by atoms with Crippen molar-refractivity contribution in [2.24, 2.45) is 11.8 Å². The summed E-state index contributed by atoms with van der Waals surface area (Å²) in [6.07, 6.45) is 0. The lowest BCUT2D eigenvalue weighted by Crippen LogP contribution is -2.52. The van der Waals surface area contributed by atoms with E-state index in [0.29, 0.717) is 10.6 Å². The third kappa shape index (κ3) is 3.85. The van der Waals surface area contributed by atoms with Crippen molar-refractivity contribution in [2.75, 3.05) is 6.54 Å². The second-order valence-electron chi connectivity index (χ2n) is 10.5. The maximum Gasteiger partial charge on any atom is 0.274 e. The zero-order chi connectivity index (χ0) is 28.4. The molecule has 2 atom stereocenters. The maximum atomic E-state index is 14.3. The molecule has 3 amide bonds. The van der Waals surface area contributed by atoms with Gasteiger partial charge in [-0.1, -0.05) is 83.9 Å². The van der Waals surface area contributed by atoms with Gasteiger partial charge in [-0.05, 0) is 58.7 Å². The van der Waals surface area contributed by atoms with Crippen LogP contribution in [0, 0.1) is 11.8 Å². The van der Waals surface area contributed by atoms with Gasteiger partial charge in [-0.2, -0.15) is 5.01 Å². The molecule has 4 aliphatic rings. The Morgan fingerprint density at radius 2 is 1.12 bits per heavy atom. The Morgan fingerprint density at radius 1 is 0.659 bits per heavy atom. The molecule has 1 aliphatic heterocycles. The molecular weight excluding hydrogens is 559 g/mol. The number of imide groups is 1. The molecule has 0 spiro atoms. The second-order valence-corrected chi connectivity index (χ2v) is 11.4. The third-order valence-corrected chi connectivity index (χ3v) is 9.05. The molecule has 1 fully saturated rings. The van der Waals surface area contributed by atoms with E-state index in [2.05, 4.69) is 0 Å². The number of hydrogen-bond donors (Lipinski definition) is 0. The van der Waals surface area contributed by atoms with Crippen molar-refractivity contribution in [3.63, 3.8) is 0 Å². The van der Waals surface area contributed by atoms with Crippen molar-refractivity contribution in [1.29, 1.82) is 0 Å². The average molecular weight is 581 g/mol. The number of halogens is 2. The predicted molar refractivity (Wildman–Crippen MR) is 154 cm³/mol. The molecule has 8 heteroatoms. The summed E-state index contributed by atoms with van der Waals surface area (Å²) in [7, 11) is 0. The highest BCUT2D eigenvalue weighted by Crippen LogP contribution is 2.61. The number of nitrogens with zero attached hydrogens (tertiary/aromatic N) is 2. The van der Waals surface area contributed by atoms with Crippen molar-refractivity contribution in [3.05, 3.63) is 140 Å². The van der Waals surface area contributed by atoms with Gasteiger partial charge in [0, 0.05) is 22.4 Å². The van der Waals surface area contributed by atoms with Crippen LogP contribution in [0.5, 0.6) is 0 Å². The number of rotatable bonds is 5. The minimum absolute atomic E-state index is 0.0862. The normalized spacial score (nSPS) is 21.8. The van der Waals surface area contributed by atoms with E-state index in [1.807, 2.05) is 48.5 Å². The van der Waals surface area contributed by atoms with Crippen molar-refractivity contribution < 1.29 is 19.2 Å². The Labute approximate surface area is 246 Å². The Kier molecular flexibility index (Phi) is 6.07. The first-order chi connectivity index (χ1) is 19.9. The quantitative estimate of drug-likeness (QED) is 0.210. The number of Topliss-reactive ketones (excluding diaryl/α,β-unsaturated/α-hetero) is 1. The van der Waals surface area contributed by atoms with E-state index < -0.39 is 41.9 Å². The fourth-order valence-electron chi connectivity index (χ4n) is 6.77. The van der Waals surface area contributed by atoms with Crippen molar-refractivity contribution >= 4 is 46.7 Å². The molecule has 0 saturated carbocycles. The van der Waals surface area contributed by atoms with Gasteiger partial charge in [0.1, 0.15) is 6.54 Å². The van der Waals surface area contributed by atoms with E-state index in [9.17, 15) is 19.2 Å². The number of carbonyl (C=O) groups excluding carboxylic acids is 4. The minimum Gasteiger partial charge on any atom is -0.292 e. The van der Waals surface area contributed by atoms with Crippen LogP contribution in [0.4, 0.5) is 0 Å². The molecular formula is C33H22Cl2N2O4. The zero-order valence-electron chi connectivity index (χ0n) is 21.5. The van der Waals surface area contributed by atoms with Crippen LogP contribution in [0.2, 0.25) is 10.0 Å². The molecule has 202 valence electrons. The number of carbonyl (C=O) groups is 4. The van der Waals surface area contributed by atoms with Gasteiger partial charge in [-0.25, -0.2) is 5.01 Å². The Bertz CT molecular complexity index is 1650. The molecule has 6 nitrogen and oxygen atoms in total. The van der Waals surface area contributed by atoms with Gasteiger partial charge in [0.25, 0.3) is 17.7 Å². The molecule has 0 N–H and O–H groups in total. The summed E-state index contributed by atoms with van der Waals surface area (Å²) in [5.41, 5.74) is 4.44. The van der Waals surface area contributed by atoms with E-state index in [1.54, 1.807) is 42.5 Å². The molecule has 2 bridgehead atoms. The van der Waals surface area contributed by atoms with Crippen molar-refractivity contribution in [1.82, 2.24) is 10.0 Å². The molecule has 0 aromatic heterocycles. The smallest absolute Gasteiger partial charge is 0.274 e. The second kappa shape index (κ2) is 9.68. The van der Waals surface area contributed by atoms with E-state index in [4.69, 9.17) is 23.2 Å². The number of hydrogen-bond acceptors (Lipinski definition) is 4. The van der Waals surface area contributed by atoms with Gasteiger partial charge >= 0.3 is 0 Å². The first-order valence-electron chi connectivity index (χ1n) is 13.3. The molecule has 0 radical (unpaired) electrons. The van der Waals surface area contributed by atoms with Crippen LogP contribution < -0.4 is 0 Å². The lowest BCUT2D eigenvalue weighted by Gasteiger charge is -2.45. The zero-order valence-corrected chi connectivity index (χ0v) is 23.0. The molecule has 0 unspecified atom stereocenters. The van der Waals surface area contributed by atoms with Gasteiger partial charge in [0.05, 0.1) is 22.4 Å². The van der Waals surface area contributed by atoms with Crippen molar-refractivity contribution in [3.8, 4) is 0 Å². The summed E-state index contributed by atoms with van der Waals surface area (Å²) in [6, 6.07) is 28.4. The van der Waals surface area contributed by atoms with Crippen molar-refractivity contribution in [2.45, 2.75) is 11.8 Å². The lowest BCUT2D eigenvalue weighted by molar-refractivity contribution is -0.154. The first-order valence-corrected chi connectivity index (χ1v) is 14.0. The highest BCUT2D eigenvalue weighted by molar-refractivity contribution is 6.34. The lowest BCUT2D eigenvalue weighted by atomic mass is 9.55. The predicted octanol–water partition coefficient (Wildman–Crippen LogP) is 6.13. The van der Waals surface area contributed by atoms with Crippen LogP contribution in [-0.4, -0.2) is 40.1 Å². The standard InChI is InChI=1S/C33H22Cl2N2O4/c34-19-15-13-18(14-16-19)26(38)17-36(31(39)24-11-5-6-12-25(24)35)37-32(40)29-27-20-7-1-2-8-21(20)28(30(29)33(37)41)23-10-4-3-9-22(23)27/h1-16,27-30H,17H2/t27?,28?,29-,30-/m0/s1. The van der Waals surface area contributed by atoms with E-state index in [-0.39, 0.29) is 22.4 Å². The average Bonchev–Trinajstić information content (AvgIpc) is 3.26. The van der Waals surface area contributed by atoms with Crippen LogP contribution in [0.25, 0.3) is 0 Å². The highest BCUT2D eigenvalue weighted by Gasteiger charge is 2.63. The van der Waals surface area contributed by atoms with Crippen LogP contribution >= 0.6 is 23.2 Å². The number of amides is 3. The van der Waals surface area contributed by atoms with Crippen LogP contribution in [0.3, 0.4) is 0 Å². The SMILES string of the molecule is O=C(CN(C(=O)c1ccccc1Cl)N1C(=O)[C@H]2C3c4ccccc4C(c4ccccc43)[C@@H]2C1=O)c1ccc(Cl)cc1. The van der Waals surface area contributed by atoms with E-state index in [0.717, 1.165) is 32.3 Å². The molecule has 8 rings (SSSR count). The topological polar surface area (TPSA) is 74.8 Å². The molecule has 1 saturated heterocycles. The number of hydrazine groups is 1. The van der Waals surface area contributed by atoms with E-state index >= 15 is 0 Å². The molecule has 3 aliphatic carbocycles. The van der Waals surface area contributed by atoms with E-state index in [1.165, 1.54) is 6.07 Å². The summed E-state index contributed by atoms with van der Waals surface area (Å²) in [5.74, 6) is -4.25. The summed E-state index contributed by atoms with van der Waals surface area (Å²) >= 11 is 12.4. The van der Waals surface area contributed by atoms with Gasteiger partial charge in [-0.3, -0.25) is 19.2 Å². The highest BCUT2D eigenvalue weighted by atomic mass is 35.5. The number of benzene rings is 4. The summed E-state index contributed by atoms with van der Waals surface area (Å²) in [6.45, 7) is -0.530. The molecule has 1 heterocycles. The fraction of sp³-hybridized carbons (Fsp3) is 0.152. The van der Waals surface area contributed by atoms with Crippen LogP contribution in [0.1, 0.15) is 54.8 Å². The minimum atomic E-state index is -0.708. The third-order valence-electron chi connectivity index (χ3n) is 8.46. The Morgan fingerprint density at radius 3 is 1.61 bits per heavy atom. The van der Waals surface area contributed by atoms with Gasteiger partial charge < -0.3 is 0 Å².